The van der Waals surface area contributed by atoms with Gasteiger partial charge in [-0.05, 0) is 110 Å². The smallest absolute Gasteiger partial charge is 0.262 e. The van der Waals surface area contributed by atoms with Crippen molar-refractivity contribution in [3.05, 3.63) is 108 Å². The molecule has 18 heteroatoms. The molecule has 3 atom stereocenters. The van der Waals surface area contributed by atoms with Crippen LogP contribution in [0, 0.1) is 0 Å². The highest BCUT2D eigenvalue weighted by molar-refractivity contribution is 7.90. The molecule has 3 saturated heterocycles. The molecule has 0 aliphatic carbocycles. The van der Waals surface area contributed by atoms with Crippen molar-refractivity contribution in [2.45, 2.75) is 49.7 Å². The number of fused-ring (bicyclic) bond motifs is 2. The number of carbonyl (C=O) groups excluding carboxylic acids is 5. The fourth-order valence-electron chi connectivity index (χ4n) is 9.71. The van der Waals surface area contributed by atoms with Crippen LogP contribution >= 0.6 is 0 Å². The second-order valence-electron chi connectivity index (χ2n) is 18.4. The summed E-state index contributed by atoms with van der Waals surface area (Å²) < 4.78 is 42.8. The number of nitrogens with zero attached hydrogens (tertiary/aromatic N) is 5. The van der Waals surface area contributed by atoms with E-state index in [-0.39, 0.29) is 59.2 Å². The fraction of sp³-hybridized carbons (Fsp3) is 0.365. The highest BCUT2D eigenvalue weighted by Gasteiger charge is 2.45. The maximum atomic E-state index is 13.3. The number of benzene rings is 5. The second kappa shape index (κ2) is 20.2. The number of sulfone groups is 1. The van der Waals surface area contributed by atoms with E-state index < -0.39 is 39.5 Å². The number of carbonyl (C=O) groups is 5. The molecule has 2 unspecified atom stereocenters. The number of piperazine rings is 2. The number of phenols is 1. The van der Waals surface area contributed by atoms with Gasteiger partial charge in [-0.25, -0.2) is 8.42 Å². The molecule has 4 aliphatic heterocycles. The second-order valence-corrected chi connectivity index (χ2v) is 20.4. The van der Waals surface area contributed by atoms with Crippen LogP contribution in [0.15, 0.2) is 102 Å². The first-order valence-corrected chi connectivity index (χ1v) is 25.4. The summed E-state index contributed by atoms with van der Waals surface area (Å²) in [5, 5.41) is 13.9. The first-order chi connectivity index (χ1) is 33.6. The molecule has 2 N–H and O–H groups in total. The predicted molar refractivity (Wildman–Crippen MR) is 261 cm³/mol. The van der Waals surface area contributed by atoms with Gasteiger partial charge < -0.3 is 29.1 Å². The zero-order chi connectivity index (χ0) is 49.3. The summed E-state index contributed by atoms with van der Waals surface area (Å²) >= 11 is 0. The maximum absolute atomic E-state index is 13.3. The molecule has 5 amide bonds. The lowest BCUT2D eigenvalue weighted by Gasteiger charge is -2.44. The van der Waals surface area contributed by atoms with Gasteiger partial charge in [0.05, 0.1) is 22.6 Å². The third-order valence-electron chi connectivity index (χ3n) is 13.7. The van der Waals surface area contributed by atoms with Gasteiger partial charge in [0.15, 0.2) is 9.84 Å². The Labute approximate surface area is 406 Å². The molecule has 5 aromatic carbocycles. The van der Waals surface area contributed by atoms with E-state index in [1.165, 1.54) is 6.26 Å². The molecule has 0 radical (unpaired) electrons. The molecule has 0 spiro atoms. The Balaban J connectivity index is 0.698. The number of piperidine rings is 1. The van der Waals surface area contributed by atoms with E-state index in [0.29, 0.717) is 63.2 Å². The van der Waals surface area contributed by atoms with Gasteiger partial charge in [0, 0.05) is 93.8 Å². The van der Waals surface area contributed by atoms with E-state index in [1.807, 2.05) is 36.4 Å². The minimum Gasteiger partial charge on any atom is -0.508 e. The topological polar surface area (TPSA) is 196 Å². The number of hydrogen-bond acceptors (Lipinski definition) is 14. The summed E-state index contributed by atoms with van der Waals surface area (Å²) in [6, 6.07) is 27.6. The third-order valence-corrected chi connectivity index (χ3v) is 14.8. The third kappa shape index (κ3) is 10.4. The Morgan fingerprint density at radius 3 is 2.09 bits per heavy atom. The summed E-state index contributed by atoms with van der Waals surface area (Å²) in [6.45, 7) is 10.5. The number of nitrogens with one attached hydrogen (secondary N) is 1. The Morgan fingerprint density at radius 2 is 1.40 bits per heavy atom. The molecule has 0 bridgehead atoms. The van der Waals surface area contributed by atoms with E-state index in [1.54, 1.807) is 65.6 Å². The summed E-state index contributed by atoms with van der Waals surface area (Å²) in [4.78, 5) is 73.5. The van der Waals surface area contributed by atoms with Crippen LogP contribution in [0.4, 0.5) is 5.69 Å². The van der Waals surface area contributed by atoms with Crippen molar-refractivity contribution in [2.75, 3.05) is 83.3 Å². The molecule has 70 heavy (non-hydrogen) atoms. The first-order valence-electron chi connectivity index (χ1n) is 23.5. The summed E-state index contributed by atoms with van der Waals surface area (Å²) in [5.74, 6) is -0.240. The lowest BCUT2D eigenvalue weighted by molar-refractivity contribution is -0.137. The van der Waals surface area contributed by atoms with Gasteiger partial charge in [-0.2, -0.15) is 0 Å². The van der Waals surface area contributed by atoms with Gasteiger partial charge in [0.25, 0.3) is 11.8 Å². The van der Waals surface area contributed by atoms with Crippen molar-refractivity contribution in [3.63, 3.8) is 0 Å². The van der Waals surface area contributed by atoms with Gasteiger partial charge in [0.2, 0.25) is 17.7 Å². The lowest BCUT2D eigenvalue weighted by Crippen LogP contribution is -2.57. The number of imide groups is 2. The average molecular weight is 973 g/mol. The Hall–Kier alpha value is -6.86. The molecule has 366 valence electrons. The number of aromatic hydroxyl groups is 1. The Bertz CT molecular complexity index is 2940. The van der Waals surface area contributed by atoms with Crippen molar-refractivity contribution in [1.82, 2.24) is 24.9 Å². The minimum atomic E-state index is -3.36. The zero-order valence-electron chi connectivity index (χ0n) is 39.3. The van der Waals surface area contributed by atoms with Gasteiger partial charge in [0.1, 0.15) is 42.3 Å². The minimum absolute atomic E-state index is 0.0149. The van der Waals surface area contributed by atoms with Crippen LogP contribution in [0.1, 0.15) is 47.4 Å². The quantitative estimate of drug-likeness (QED) is 0.106. The fourth-order valence-corrected chi connectivity index (χ4v) is 10.3. The van der Waals surface area contributed by atoms with Gasteiger partial charge in [-0.1, -0.05) is 18.2 Å². The van der Waals surface area contributed by atoms with E-state index in [2.05, 4.69) is 33.9 Å². The normalized spacial score (nSPS) is 20.2. The van der Waals surface area contributed by atoms with Crippen LogP contribution in [-0.2, 0) is 29.0 Å². The van der Waals surface area contributed by atoms with Crippen LogP contribution in [-0.4, -0.2) is 159 Å². The van der Waals surface area contributed by atoms with Gasteiger partial charge >= 0.3 is 0 Å². The molecule has 4 aliphatic rings. The van der Waals surface area contributed by atoms with Gasteiger partial charge in [-0.3, -0.25) is 44.0 Å². The molecular formula is C52H56N6O11S. The Kier molecular flexibility index (Phi) is 13.9. The summed E-state index contributed by atoms with van der Waals surface area (Å²) in [7, 11) is -3.36. The van der Waals surface area contributed by atoms with E-state index in [9.17, 15) is 37.5 Å². The standard InChI is InChI=1S/C52H56N6O11S/c1-33-31-57(25-27-68-39-9-11-40(12-10-39)69-49-42(15-6-36-28-38(59)8-17-43(36)49)35-4-13-41(14-5-35)70(3,65)66)34(2)30-56(33)24-26-67-32-48(61)55-22-20-54(21-23-55)37-7-16-44-45(29-37)52(64)58(51(44)63)46-18-19-47(60)53-50(46)62/h4-17,28-29,33-34,46,59H,18-27,30-32H2,1-3H3,(H,53,60,62)/t33-,34?,46?/m0/s1. The number of phenolic OH excluding ortho intramolecular Hbond substituents is 1. The van der Waals surface area contributed by atoms with E-state index >= 15 is 0 Å². The van der Waals surface area contributed by atoms with E-state index in [0.717, 1.165) is 52.1 Å². The number of amides is 5. The first kappa shape index (κ1) is 48.2. The van der Waals surface area contributed by atoms with E-state index in [4.69, 9.17) is 14.2 Å². The van der Waals surface area contributed by atoms with Crippen LogP contribution in [0.2, 0.25) is 0 Å². The van der Waals surface area contributed by atoms with Crippen LogP contribution < -0.4 is 19.7 Å². The maximum Gasteiger partial charge on any atom is 0.262 e. The highest BCUT2D eigenvalue weighted by atomic mass is 32.2. The predicted octanol–water partition coefficient (Wildman–Crippen LogP) is 4.95. The SMILES string of the molecule is CC1CN(CCOCC(=O)N2CCN(c3ccc4c(c3)C(=O)N(C3CCC(=O)NC3=O)C4=O)CC2)[C@@H](C)CN1CCOc1ccc(Oc2c(-c3ccc(S(C)(=O)=O)cc3)ccc3cc(O)ccc23)cc1. The number of anilines is 1. The molecule has 17 nitrogen and oxygen atoms in total. The lowest BCUT2D eigenvalue weighted by atomic mass is 9.99. The van der Waals surface area contributed by atoms with Crippen molar-refractivity contribution in [1.29, 1.82) is 0 Å². The van der Waals surface area contributed by atoms with Crippen molar-refractivity contribution < 1.29 is 51.7 Å². The number of rotatable bonds is 15. The van der Waals surface area contributed by atoms with Gasteiger partial charge in [-0.15, -0.1) is 0 Å². The molecule has 0 aromatic heterocycles. The van der Waals surface area contributed by atoms with Crippen LogP contribution in [0.25, 0.3) is 21.9 Å². The van der Waals surface area contributed by atoms with Crippen molar-refractivity contribution in [3.8, 4) is 34.1 Å². The monoisotopic (exact) mass is 972 g/mol. The molecule has 5 aromatic rings. The highest BCUT2D eigenvalue weighted by Crippen LogP contribution is 2.41. The summed E-state index contributed by atoms with van der Waals surface area (Å²) in [5.41, 5.74) is 2.76. The van der Waals surface area contributed by atoms with Crippen LogP contribution in [0.5, 0.6) is 23.0 Å². The molecule has 0 saturated carbocycles. The Morgan fingerprint density at radius 1 is 0.743 bits per heavy atom. The largest absolute Gasteiger partial charge is 0.508 e. The molecular weight excluding hydrogens is 917 g/mol. The van der Waals surface area contributed by atoms with Crippen LogP contribution in [0.3, 0.4) is 0 Å². The summed E-state index contributed by atoms with van der Waals surface area (Å²) in [6.07, 6.45) is 1.33. The number of hydrogen-bond donors (Lipinski definition) is 2. The molecule has 4 heterocycles. The number of ether oxygens (including phenoxy) is 3. The van der Waals surface area contributed by atoms with Crippen molar-refractivity contribution in [2.24, 2.45) is 0 Å². The molecule has 9 rings (SSSR count). The molecule has 3 fully saturated rings. The zero-order valence-corrected chi connectivity index (χ0v) is 40.2. The average Bonchev–Trinajstić information content (AvgIpc) is 3.59. The van der Waals surface area contributed by atoms with Crippen molar-refractivity contribution >= 4 is 55.8 Å².